The summed E-state index contributed by atoms with van der Waals surface area (Å²) in [6.45, 7) is 6.11. The lowest BCUT2D eigenvalue weighted by Crippen LogP contribution is -2.35. The number of aliphatic hydroxyl groups is 2. The number of hydrogen-bond acceptors (Lipinski definition) is 4. The Hall–Kier alpha value is -0.160. The summed E-state index contributed by atoms with van der Waals surface area (Å²) in [6, 6.07) is 0. The zero-order valence-electron chi connectivity index (χ0n) is 14.8. The predicted octanol–water partition coefficient (Wildman–Crippen LogP) is 3.68. The van der Waals surface area contributed by atoms with Gasteiger partial charge in [0.1, 0.15) is 0 Å². The van der Waals surface area contributed by atoms with E-state index in [4.69, 9.17) is 14.6 Å². The molecular formula is C18H38O4. The molecule has 0 bridgehead atoms. The molecule has 1 atom stereocenters. The molecule has 134 valence electrons. The molecule has 0 amide bonds. The van der Waals surface area contributed by atoms with Crippen molar-refractivity contribution in [1.29, 1.82) is 0 Å². The number of aliphatic hydroxyl groups excluding tert-OH is 1. The van der Waals surface area contributed by atoms with Crippen LogP contribution < -0.4 is 0 Å². The standard InChI is InChI=1S/C18H38O4/c1-3-5-7-8-9-10-12-18(20,11-6-4-2)17-22-16-15-21-14-13-19/h19-20H,3-17H2,1-2H3. The van der Waals surface area contributed by atoms with E-state index in [2.05, 4.69) is 13.8 Å². The summed E-state index contributed by atoms with van der Waals surface area (Å²) in [5.41, 5.74) is -0.683. The van der Waals surface area contributed by atoms with Crippen LogP contribution in [-0.4, -0.2) is 48.8 Å². The van der Waals surface area contributed by atoms with E-state index in [1.54, 1.807) is 0 Å². The van der Waals surface area contributed by atoms with E-state index in [1.807, 2.05) is 0 Å². The van der Waals surface area contributed by atoms with Crippen molar-refractivity contribution >= 4 is 0 Å². The van der Waals surface area contributed by atoms with Gasteiger partial charge in [-0.25, -0.2) is 0 Å². The van der Waals surface area contributed by atoms with Gasteiger partial charge in [0.25, 0.3) is 0 Å². The lowest BCUT2D eigenvalue weighted by atomic mass is 9.91. The minimum absolute atomic E-state index is 0.0401. The predicted molar refractivity (Wildman–Crippen MR) is 91.2 cm³/mol. The van der Waals surface area contributed by atoms with Crippen molar-refractivity contribution in [2.24, 2.45) is 0 Å². The molecule has 0 fully saturated rings. The van der Waals surface area contributed by atoms with Crippen LogP contribution in [0.5, 0.6) is 0 Å². The van der Waals surface area contributed by atoms with Crippen LogP contribution in [0.25, 0.3) is 0 Å². The average Bonchev–Trinajstić information content (AvgIpc) is 2.52. The summed E-state index contributed by atoms with van der Waals surface area (Å²) in [5, 5.41) is 19.4. The van der Waals surface area contributed by atoms with Crippen molar-refractivity contribution in [2.75, 3.05) is 33.0 Å². The van der Waals surface area contributed by atoms with Crippen LogP contribution in [0.2, 0.25) is 0 Å². The molecule has 1 unspecified atom stereocenters. The molecule has 4 nitrogen and oxygen atoms in total. The second-order valence-electron chi connectivity index (χ2n) is 6.23. The van der Waals surface area contributed by atoms with E-state index in [1.165, 1.54) is 32.1 Å². The Balaban J connectivity index is 3.84. The van der Waals surface area contributed by atoms with Gasteiger partial charge >= 0.3 is 0 Å². The van der Waals surface area contributed by atoms with Crippen LogP contribution in [0.15, 0.2) is 0 Å². The molecular weight excluding hydrogens is 280 g/mol. The van der Waals surface area contributed by atoms with Crippen molar-refractivity contribution in [3.8, 4) is 0 Å². The zero-order chi connectivity index (χ0) is 16.5. The Morgan fingerprint density at radius 1 is 0.727 bits per heavy atom. The van der Waals surface area contributed by atoms with Crippen LogP contribution >= 0.6 is 0 Å². The van der Waals surface area contributed by atoms with Crippen LogP contribution in [0.1, 0.15) is 78.1 Å². The Bertz CT molecular complexity index is 205. The maximum Gasteiger partial charge on any atom is 0.0880 e. The average molecular weight is 318 g/mol. The van der Waals surface area contributed by atoms with E-state index < -0.39 is 5.60 Å². The number of hydrogen-bond donors (Lipinski definition) is 2. The molecule has 4 heteroatoms. The van der Waals surface area contributed by atoms with Crippen LogP contribution in [-0.2, 0) is 9.47 Å². The van der Waals surface area contributed by atoms with Gasteiger partial charge in [-0.15, -0.1) is 0 Å². The van der Waals surface area contributed by atoms with Gasteiger partial charge < -0.3 is 19.7 Å². The fourth-order valence-corrected chi connectivity index (χ4v) is 2.56. The Labute approximate surface area is 137 Å². The maximum atomic E-state index is 10.7. The molecule has 0 aliphatic carbocycles. The first-order chi connectivity index (χ1) is 10.7. The number of ether oxygens (including phenoxy) is 2. The van der Waals surface area contributed by atoms with E-state index in [0.717, 1.165) is 32.1 Å². The zero-order valence-corrected chi connectivity index (χ0v) is 14.8. The quantitative estimate of drug-likeness (QED) is 0.402. The van der Waals surface area contributed by atoms with Gasteiger partial charge in [-0.05, 0) is 12.8 Å². The first kappa shape index (κ1) is 21.8. The third-order valence-corrected chi connectivity index (χ3v) is 3.97. The van der Waals surface area contributed by atoms with Gasteiger partial charge in [0, 0.05) is 0 Å². The van der Waals surface area contributed by atoms with Crippen molar-refractivity contribution in [1.82, 2.24) is 0 Å². The topological polar surface area (TPSA) is 58.9 Å². The molecule has 0 aliphatic heterocycles. The first-order valence-corrected chi connectivity index (χ1v) is 9.17. The monoisotopic (exact) mass is 318 g/mol. The maximum absolute atomic E-state index is 10.7. The summed E-state index contributed by atoms with van der Waals surface area (Å²) >= 11 is 0. The first-order valence-electron chi connectivity index (χ1n) is 9.17. The molecule has 0 heterocycles. The molecule has 0 aliphatic rings. The highest BCUT2D eigenvalue weighted by Crippen LogP contribution is 2.23. The van der Waals surface area contributed by atoms with Gasteiger partial charge in [0.05, 0.1) is 38.6 Å². The fraction of sp³-hybridized carbons (Fsp3) is 1.00. The van der Waals surface area contributed by atoms with Gasteiger partial charge in [-0.3, -0.25) is 0 Å². The molecule has 2 N–H and O–H groups in total. The molecule has 0 aromatic heterocycles. The van der Waals surface area contributed by atoms with E-state index in [9.17, 15) is 5.11 Å². The van der Waals surface area contributed by atoms with E-state index >= 15 is 0 Å². The summed E-state index contributed by atoms with van der Waals surface area (Å²) in [4.78, 5) is 0. The number of rotatable bonds is 17. The lowest BCUT2D eigenvalue weighted by molar-refractivity contribution is -0.0706. The molecule has 0 radical (unpaired) electrons. The normalized spacial score (nSPS) is 14.2. The van der Waals surface area contributed by atoms with Crippen molar-refractivity contribution in [3.63, 3.8) is 0 Å². The minimum atomic E-state index is -0.683. The smallest absolute Gasteiger partial charge is 0.0880 e. The van der Waals surface area contributed by atoms with Crippen molar-refractivity contribution in [3.05, 3.63) is 0 Å². The van der Waals surface area contributed by atoms with Crippen LogP contribution in [0, 0.1) is 0 Å². The molecule has 0 aromatic carbocycles. The summed E-state index contributed by atoms with van der Waals surface area (Å²) in [6.07, 6.45) is 11.2. The minimum Gasteiger partial charge on any atom is -0.394 e. The Morgan fingerprint density at radius 2 is 1.32 bits per heavy atom. The molecule has 0 aromatic rings. The lowest BCUT2D eigenvalue weighted by Gasteiger charge is -2.28. The largest absolute Gasteiger partial charge is 0.394 e. The van der Waals surface area contributed by atoms with E-state index in [0.29, 0.717) is 26.4 Å². The van der Waals surface area contributed by atoms with Crippen molar-refractivity contribution < 1.29 is 19.7 Å². The SMILES string of the molecule is CCCCCCCCC(O)(CCCC)COCCOCCO. The van der Waals surface area contributed by atoms with Gasteiger partial charge in [-0.1, -0.05) is 65.2 Å². The second kappa shape index (κ2) is 15.7. The third-order valence-electron chi connectivity index (χ3n) is 3.97. The second-order valence-corrected chi connectivity index (χ2v) is 6.23. The molecule has 22 heavy (non-hydrogen) atoms. The van der Waals surface area contributed by atoms with Gasteiger partial charge in [-0.2, -0.15) is 0 Å². The summed E-state index contributed by atoms with van der Waals surface area (Å²) in [7, 11) is 0. The summed E-state index contributed by atoms with van der Waals surface area (Å²) in [5.74, 6) is 0. The highest BCUT2D eigenvalue weighted by Gasteiger charge is 2.25. The van der Waals surface area contributed by atoms with E-state index in [-0.39, 0.29) is 6.61 Å². The fourth-order valence-electron chi connectivity index (χ4n) is 2.56. The van der Waals surface area contributed by atoms with Gasteiger partial charge in [0.2, 0.25) is 0 Å². The molecule has 0 spiro atoms. The van der Waals surface area contributed by atoms with Gasteiger partial charge in [0.15, 0.2) is 0 Å². The molecule has 0 rings (SSSR count). The highest BCUT2D eigenvalue weighted by molar-refractivity contribution is 4.78. The van der Waals surface area contributed by atoms with Crippen LogP contribution in [0.3, 0.4) is 0 Å². The van der Waals surface area contributed by atoms with Crippen molar-refractivity contribution in [2.45, 2.75) is 83.7 Å². The summed E-state index contributed by atoms with van der Waals surface area (Å²) < 4.78 is 10.7. The highest BCUT2D eigenvalue weighted by atomic mass is 16.5. The third kappa shape index (κ3) is 13.5. The Kier molecular flexibility index (Phi) is 15.6. The molecule has 0 saturated heterocycles. The molecule has 0 saturated carbocycles. The van der Waals surface area contributed by atoms with Crippen LogP contribution in [0.4, 0.5) is 0 Å². The number of unbranched alkanes of at least 4 members (excludes halogenated alkanes) is 6. The Morgan fingerprint density at radius 3 is 2.00 bits per heavy atom.